The molecule has 3 atom stereocenters. The fourth-order valence-corrected chi connectivity index (χ4v) is 2.32. The van der Waals surface area contributed by atoms with Gasteiger partial charge in [-0.1, -0.05) is 20.8 Å². The summed E-state index contributed by atoms with van der Waals surface area (Å²) in [6.07, 6.45) is 0.727. The molecule has 1 amide bonds. The van der Waals surface area contributed by atoms with Gasteiger partial charge in [0.2, 0.25) is 12.5 Å². The van der Waals surface area contributed by atoms with Gasteiger partial charge in [0.1, 0.15) is 6.04 Å². The molecule has 5 heteroatoms. The van der Waals surface area contributed by atoms with Gasteiger partial charge in [-0.05, 0) is 5.92 Å². The lowest BCUT2D eigenvalue weighted by molar-refractivity contribution is -0.532. The van der Waals surface area contributed by atoms with Gasteiger partial charge in [0, 0.05) is 17.4 Å². The van der Waals surface area contributed by atoms with E-state index in [1.807, 2.05) is 20.8 Å². The first-order valence-corrected chi connectivity index (χ1v) is 4.83. The van der Waals surface area contributed by atoms with Crippen LogP contribution in [0.3, 0.4) is 0 Å². The fourth-order valence-electron chi connectivity index (χ4n) is 2.32. The molecule has 80 valence electrons. The topological polar surface area (TPSA) is 63.5 Å². The Labute approximate surface area is 83.2 Å². The number of hydrogen-bond acceptors (Lipinski definition) is 3. The van der Waals surface area contributed by atoms with Crippen molar-refractivity contribution in [3.63, 3.8) is 0 Å². The number of hydrogen-bond donors (Lipinski definition) is 0. The number of nitro groups is 1. The predicted molar refractivity (Wildman–Crippen MR) is 51.3 cm³/mol. The molecule has 0 unspecified atom stereocenters. The summed E-state index contributed by atoms with van der Waals surface area (Å²) in [6, 6.07) is -0.863. The lowest BCUT2D eigenvalue weighted by atomic mass is 9.93. The van der Waals surface area contributed by atoms with Crippen LogP contribution in [0.1, 0.15) is 20.8 Å². The minimum atomic E-state index is -0.611. The van der Waals surface area contributed by atoms with Crippen LogP contribution in [0.5, 0.6) is 0 Å². The highest BCUT2D eigenvalue weighted by Crippen LogP contribution is 2.29. The molecule has 0 saturated carbocycles. The quantitative estimate of drug-likeness (QED) is 0.384. The van der Waals surface area contributed by atoms with Crippen LogP contribution in [-0.4, -0.2) is 34.9 Å². The van der Waals surface area contributed by atoms with Crippen LogP contribution in [-0.2, 0) is 4.79 Å². The van der Waals surface area contributed by atoms with Gasteiger partial charge in [0.05, 0.1) is 0 Å². The van der Waals surface area contributed by atoms with Crippen molar-refractivity contribution in [2.75, 3.05) is 6.54 Å². The molecule has 1 fully saturated rings. The fraction of sp³-hybridized carbons (Fsp3) is 0.889. The summed E-state index contributed by atoms with van der Waals surface area (Å²) in [5, 5.41) is 10.9. The Morgan fingerprint density at radius 3 is 2.50 bits per heavy atom. The van der Waals surface area contributed by atoms with Crippen LogP contribution >= 0.6 is 0 Å². The van der Waals surface area contributed by atoms with Crippen molar-refractivity contribution in [2.45, 2.75) is 32.9 Å². The standard InChI is InChI=1S/C9H16N2O3/c1-6(2)8-9(11(13)14)7(3)4-10(8)5-12/h5-9H,4H2,1-3H3/t7-,8+,9-/m0/s1. The zero-order valence-corrected chi connectivity index (χ0v) is 8.71. The first-order valence-electron chi connectivity index (χ1n) is 4.83. The first kappa shape index (κ1) is 10.9. The number of likely N-dealkylation sites (tertiary alicyclic amines) is 1. The van der Waals surface area contributed by atoms with Gasteiger partial charge in [0.25, 0.3) is 0 Å². The van der Waals surface area contributed by atoms with Crippen molar-refractivity contribution in [3.8, 4) is 0 Å². The summed E-state index contributed by atoms with van der Waals surface area (Å²) in [6.45, 7) is 6.15. The Bertz CT molecular complexity index is 242. The molecule has 1 rings (SSSR count). The Balaban J connectivity index is 2.91. The molecular weight excluding hydrogens is 184 g/mol. The second kappa shape index (κ2) is 3.94. The molecule has 0 aromatic rings. The minimum absolute atomic E-state index is 0.0531. The van der Waals surface area contributed by atoms with E-state index in [1.54, 1.807) is 4.90 Å². The van der Waals surface area contributed by atoms with Crippen LogP contribution < -0.4 is 0 Å². The Hall–Kier alpha value is -1.13. The first-order chi connectivity index (χ1) is 6.49. The molecular formula is C9H16N2O3. The summed E-state index contributed by atoms with van der Waals surface area (Å²) in [4.78, 5) is 22.9. The van der Waals surface area contributed by atoms with E-state index in [0.29, 0.717) is 6.54 Å². The van der Waals surface area contributed by atoms with Crippen molar-refractivity contribution in [1.29, 1.82) is 0 Å². The monoisotopic (exact) mass is 200 g/mol. The molecule has 0 aromatic carbocycles. The molecule has 0 bridgehead atoms. The summed E-state index contributed by atoms with van der Waals surface area (Å²) >= 11 is 0. The van der Waals surface area contributed by atoms with Crippen LogP contribution in [0.25, 0.3) is 0 Å². The predicted octanol–water partition coefficient (Wildman–Crippen LogP) is 0.764. The average molecular weight is 200 g/mol. The number of carbonyl (C=O) groups excluding carboxylic acids is 1. The number of nitrogens with zero attached hydrogens (tertiary/aromatic N) is 2. The summed E-state index contributed by atoms with van der Waals surface area (Å²) in [7, 11) is 0. The SMILES string of the molecule is CC(C)[C@@H]1[C@@H]([N+](=O)[O-])[C@@H](C)CN1C=O. The highest BCUT2D eigenvalue weighted by atomic mass is 16.6. The Kier molecular flexibility index (Phi) is 3.08. The van der Waals surface area contributed by atoms with Crippen LogP contribution in [0.2, 0.25) is 0 Å². The molecule has 0 radical (unpaired) electrons. The van der Waals surface area contributed by atoms with Crippen LogP contribution in [0, 0.1) is 22.0 Å². The molecule has 0 aromatic heterocycles. The van der Waals surface area contributed by atoms with E-state index in [-0.39, 0.29) is 22.8 Å². The molecule has 5 nitrogen and oxygen atoms in total. The number of carbonyl (C=O) groups is 1. The highest BCUT2D eigenvalue weighted by molar-refractivity contribution is 5.49. The molecule has 14 heavy (non-hydrogen) atoms. The zero-order valence-electron chi connectivity index (χ0n) is 8.71. The smallest absolute Gasteiger partial charge is 0.237 e. The van der Waals surface area contributed by atoms with Gasteiger partial charge in [-0.15, -0.1) is 0 Å². The second-order valence-corrected chi connectivity index (χ2v) is 4.29. The zero-order chi connectivity index (χ0) is 10.9. The van der Waals surface area contributed by atoms with Crippen molar-refractivity contribution < 1.29 is 9.72 Å². The van der Waals surface area contributed by atoms with Crippen molar-refractivity contribution in [3.05, 3.63) is 10.1 Å². The lowest BCUT2D eigenvalue weighted by Gasteiger charge is -2.24. The maximum Gasteiger partial charge on any atom is 0.237 e. The van der Waals surface area contributed by atoms with Crippen LogP contribution in [0.15, 0.2) is 0 Å². The number of amides is 1. The van der Waals surface area contributed by atoms with Crippen molar-refractivity contribution in [2.24, 2.45) is 11.8 Å². The van der Waals surface area contributed by atoms with Crippen LogP contribution in [0.4, 0.5) is 0 Å². The van der Waals surface area contributed by atoms with E-state index in [1.165, 1.54) is 0 Å². The molecule has 1 heterocycles. The number of rotatable bonds is 3. The van der Waals surface area contributed by atoms with E-state index < -0.39 is 6.04 Å². The van der Waals surface area contributed by atoms with Gasteiger partial charge >= 0.3 is 0 Å². The summed E-state index contributed by atoms with van der Waals surface area (Å²) in [5.41, 5.74) is 0. The van der Waals surface area contributed by atoms with Gasteiger partial charge in [-0.3, -0.25) is 14.9 Å². The maximum atomic E-state index is 10.9. The largest absolute Gasteiger partial charge is 0.335 e. The summed E-state index contributed by atoms with van der Waals surface area (Å²) < 4.78 is 0. The highest BCUT2D eigenvalue weighted by Gasteiger charge is 2.48. The van der Waals surface area contributed by atoms with Crippen molar-refractivity contribution in [1.82, 2.24) is 4.90 Å². The normalized spacial score (nSPS) is 32.3. The van der Waals surface area contributed by atoms with E-state index in [4.69, 9.17) is 0 Å². The van der Waals surface area contributed by atoms with E-state index in [9.17, 15) is 14.9 Å². The molecule has 0 spiro atoms. The molecule has 0 N–H and O–H groups in total. The van der Waals surface area contributed by atoms with E-state index >= 15 is 0 Å². The third-order valence-corrected chi connectivity index (χ3v) is 2.88. The van der Waals surface area contributed by atoms with Gasteiger partial charge in [0.15, 0.2) is 0 Å². The van der Waals surface area contributed by atoms with Gasteiger partial charge in [-0.2, -0.15) is 0 Å². The molecule has 1 aliphatic rings. The molecule has 1 saturated heterocycles. The van der Waals surface area contributed by atoms with E-state index in [0.717, 1.165) is 6.41 Å². The average Bonchev–Trinajstić information content (AvgIpc) is 2.41. The lowest BCUT2D eigenvalue weighted by Crippen LogP contribution is -2.42. The van der Waals surface area contributed by atoms with Gasteiger partial charge in [-0.25, -0.2) is 0 Å². The summed E-state index contributed by atoms with van der Waals surface area (Å²) in [5.74, 6) is 0.0724. The Morgan fingerprint density at radius 2 is 2.14 bits per heavy atom. The van der Waals surface area contributed by atoms with Crippen molar-refractivity contribution >= 4 is 6.41 Å². The maximum absolute atomic E-state index is 10.9. The molecule has 0 aliphatic carbocycles. The second-order valence-electron chi connectivity index (χ2n) is 4.29. The third-order valence-electron chi connectivity index (χ3n) is 2.88. The van der Waals surface area contributed by atoms with E-state index in [2.05, 4.69) is 0 Å². The molecule has 1 aliphatic heterocycles. The third kappa shape index (κ3) is 1.71. The Morgan fingerprint density at radius 1 is 1.57 bits per heavy atom. The van der Waals surface area contributed by atoms with Gasteiger partial charge < -0.3 is 4.90 Å². The minimum Gasteiger partial charge on any atom is -0.335 e.